The van der Waals surface area contributed by atoms with Crippen LogP contribution in [0, 0.1) is 13.8 Å². The number of rotatable bonds is 7. The fourth-order valence-electron chi connectivity index (χ4n) is 1.90. The number of unbranched alkanes of at least 4 members (excludes halogenated alkanes) is 3. The monoisotopic (exact) mass is 265 g/mol. The summed E-state index contributed by atoms with van der Waals surface area (Å²) in [4.78, 5) is 11.9. The lowest BCUT2D eigenvalue weighted by molar-refractivity contribution is 0.0496. The summed E-state index contributed by atoms with van der Waals surface area (Å²) in [7, 11) is 0. The summed E-state index contributed by atoms with van der Waals surface area (Å²) in [6.07, 6.45) is 3.56. The van der Waals surface area contributed by atoms with E-state index < -0.39 is 0 Å². The molecule has 106 valence electrons. The number of carbonyl (C=O) groups is 1. The van der Waals surface area contributed by atoms with E-state index in [1.54, 1.807) is 6.07 Å². The number of hydrogen-bond acceptors (Lipinski definition) is 4. The lowest BCUT2D eigenvalue weighted by Crippen LogP contribution is -2.09. The Hall–Kier alpha value is -1.55. The zero-order valence-corrected chi connectivity index (χ0v) is 11.7. The van der Waals surface area contributed by atoms with E-state index in [1.807, 2.05) is 19.9 Å². The van der Waals surface area contributed by atoms with E-state index in [9.17, 15) is 4.79 Å². The fourth-order valence-corrected chi connectivity index (χ4v) is 1.90. The minimum Gasteiger partial charge on any atom is -0.462 e. The molecule has 0 amide bonds. The summed E-state index contributed by atoms with van der Waals surface area (Å²) in [5.41, 5.74) is 8.81. The molecule has 0 saturated carbocycles. The van der Waals surface area contributed by atoms with Gasteiger partial charge < -0.3 is 15.6 Å². The zero-order valence-electron chi connectivity index (χ0n) is 11.7. The Bertz CT molecular complexity index is 430. The van der Waals surface area contributed by atoms with Crippen molar-refractivity contribution >= 4 is 11.7 Å². The molecule has 0 aliphatic heterocycles. The molecule has 0 aliphatic rings. The van der Waals surface area contributed by atoms with Crippen molar-refractivity contribution in [2.24, 2.45) is 0 Å². The first kappa shape index (κ1) is 15.5. The van der Waals surface area contributed by atoms with E-state index in [-0.39, 0.29) is 12.6 Å². The topological polar surface area (TPSA) is 72.5 Å². The van der Waals surface area contributed by atoms with Gasteiger partial charge in [-0.1, -0.05) is 12.5 Å². The molecule has 0 radical (unpaired) electrons. The first-order valence-corrected chi connectivity index (χ1v) is 6.71. The Morgan fingerprint density at radius 3 is 2.53 bits per heavy atom. The zero-order chi connectivity index (χ0) is 14.3. The van der Waals surface area contributed by atoms with Crippen LogP contribution < -0.4 is 5.73 Å². The second kappa shape index (κ2) is 7.79. The summed E-state index contributed by atoms with van der Waals surface area (Å²) in [5, 5.41) is 8.64. The predicted molar refractivity (Wildman–Crippen MR) is 76.2 cm³/mol. The summed E-state index contributed by atoms with van der Waals surface area (Å²) >= 11 is 0. The van der Waals surface area contributed by atoms with Crippen LogP contribution in [0.1, 0.15) is 47.2 Å². The van der Waals surface area contributed by atoms with Crippen molar-refractivity contribution < 1.29 is 14.6 Å². The number of nitrogen functional groups attached to an aromatic ring is 1. The Morgan fingerprint density at radius 2 is 1.84 bits per heavy atom. The van der Waals surface area contributed by atoms with E-state index in [1.165, 1.54) is 0 Å². The quantitative estimate of drug-likeness (QED) is 0.451. The molecule has 0 saturated heterocycles. The Morgan fingerprint density at radius 1 is 1.16 bits per heavy atom. The Balaban J connectivity index is 2.43. The third kappa shape index (κ3) is 4.91. The molecule has 4 nitrogen and oxygen atoms in total. The smallest absolute Gasteiger partial charge is 0.338 e. The SMILES string of the molecule is Cc1cc(C)c(C(=O)OCCCCCCO)cc1N. The number of aliphatic hydroxyl groups excluding tert-OH is 1. The fraction of sp³-hybridized carbons (Fsp3) is 0.533. The van der Waals surface area contributed by atoms with Crippen molar-refractivity contribution in [2.75, 3.05) is 18.9 Å². The first-order chi connectivity index (χ1) is 9.06. The minimum atomic E-state index is -0.314. The van der Waals surface area contributed by atoms with Gasteiger partial charge in [-0.05, 0) is 50.3 Å². The maximum Gasteiger partial charge on any atom is 0.338 e. The third-order valence-corrected chi connectivity index (χ3v) is 3.12. The van der Waals surface area contributed by atoms with Crippen LogP contribution in [-0.4, -0.2) is 24.3 Å². The highest BCUT2D eigenvalue weighted by Crippen LogP contribution is 2.18. The van der Waals surface area contributed by atoms with Crippen LogP contribution in [0.2, 0.25) is 0 Å². The average molecular weight is 265 g/mol. The minimum absolute atomic E-state index is 0.224. The molecule has 1 aromatic carbocycles. The molecule has 0 aliphatic carbocycles. The van der Waals surface area contributed by atoms with E-state index in [4.69, 9.17) is 15.6 Å². The second-order valence-electron chi connectivity index (χ2n) is 4.80. The number of esters is 1. The molecule has 0 spiro atoms. The first-order valence-electron chi connectivity index (χ1n) is 6.71. The van der Waals surface area contributed by atoms with Crippen LogP contribution in [-0.2, 0) is 4.74 Å². The van der Waals surface area contributed by atoms with Crippen LogP contribution >= 0.6 is 0 Å². The number of hydrogen-bond donors (Lipinski definition) is 2. The van der Waals surface area contributed by atoms with Gasteiger partial charge in [0.25, 0.3) is 0 Å². The summed E-state index contributed by atoms with van der Waals surface area (Å²) in [6.45, 7) is 4.43. The highest BCUT2D eigenvalue weighted by atomic mass is 16.5. The van der Waals surface area contributed by atoms with Gasteiger partial charge in [0.2, 0.25) is 0 Å². The summed E-state index contributed by atoms with van der Waals surface area (Å²) in [5.74, 6) is -0.314. The van der Waals surface area contributed by atoms with Crippen LogP contribution in [0.25, 0.3) is 0 Å². The van der Waals surface area contributed by atoms with Gasteiger partial charge in [-0.2, -0.15) is 0 Å². The highest BCUT2D eigenvalue weighted by molar-refractivity contribution is 5.92. The van der Waals surface area contributed by atoms with Gasteiger partial charge >= 0.3 is 5.97 Å². The molecule has 0 aromatic heterocycles. The Labute approximate surface area is 114 Å². The third-order valence-electron chi connectivity index (χ3n) is 3.12. The van der Waals surface area contributed by atoms with Crippen molar-refractivity contribution in [1.29, 1.82) is 0 Å². The van der Waals surface area contributed by atoms with Crippen molar-refractivity contribution in [3.05, 3.63) is 28.8 Å². The number of aliphatic hydroxyl groups is 1. The van der Waals surface area contributed by atoms with Crippen LogP contribution in [0.3, 0.4) is 0 Å². The molecule has 4 heteroatoms. The molecule has 0 unspecified atom stereocenters. The van der Waals surface area contributed by atoms with Crippen LogP contribution in [0.5, 0.6) is 0 Å². The lowest BCUT2D eigenvalue weighted by atomic mass is 10.0. The standard InChI is InChI=1S/C15H23NO3/c1-11-9-12(2)14(16)10-13(11)15(18)19-8-6-4-3-5-7-17/h9-10,17H,3-8,16H2,1-2H3. The molecule has 3 N–H and O–H groups in total. The van der Waals surface area contributed by atoms with Gasteiger partial charge in [0.05, 0.1) is 12.2 Å². The van der Waals surface area contributed by atoms with Crippen molar-refractivity contribution in [3.8, 4) is 0 Å². The number of anilines is 1. The van der Waals surface area contributed by atoms with Crippen molar-refractivity contribution in [3.63, 3.8) is 0 Å². The summed E-state index contributed by atoms with van der Waals surface area (Å²) in [6, 6.07) is 3.58. The van der Waals surface area contributed by atoms with Crippen molar-refractivity contribution in [2.45, 2.75) is 39.5 Å². The molecule has 1 aromatic rings. The number of ether oxygens (including phenoxy) is 1. The molecule has 1 rings (SSSR count). The van der Waals surface area contributed by atoms with Gasteiger partial charge in [0.15, 0.2) is 0 Å². The largest absolute Gasteiger partial charge is 0.462 e. The predicted octanol–water partition coefficient (Wildman–Crippen LogP) is 2.60. The molecule has 19 heavy (non-hydrogen) atoms. The maximum atomic E-state index is 11.9. The van der Waals surface area contributed by atoms with E-state index in [0.29, 0.717) is 17.9 Å². The van der Waals surface area contributed by atoms with Gasteiger partial charge in [-0.3, -0.25) is 0 Å². The normalized spacial score (nSPS) is 10.5. The Kier molecular flexibility index (Phi) is 6.36. The van der Waals surface area contributed by atoms with E-state index in [2.05, 4.69) is 0 Å². The second-order valence-corrected chi connectivity index (χ2v) is 4.80. The highest BCUT2D eigenvalue weighted by Gasteiger charge is 2.12. The number of nitrogens with two attached hydrogens (primary N) is 1. The molecular weight excluding hydrogens is 242 g/mol. The number of carbonyl (C=O) groups excluding carboxylic acids is 1. The maximum absolute atomic E-state index is 11.9. The molecular formula is C15H23NO3. The van der Waals surface area contributed by atoms with E-state index >= 15 is 0 Å². The van der Waals surface area contributed by atoms with Crippen LogP contribution in [0.4, 0.5) is 5.69 Å². The van der Waals surface area contributed by atoms with Gasteiger partial charge in [0, 0.05) is 12.3 Å². The molecule has 0 fully saturated rings. The van der Waals surface area contributed by atoms with Gasteiger partial charge in [-0.15, -0.1) is 0 Å². The van der Waals surface area contributed by atoms with Gasteiger partial charge in [0.1, 0.15) is 0 Å². The molecule has 0 atom stereocenters. The molecule has 0 bridgehead atoms. The average Bonchev–Trinajstić information content (AvgIpc) is 2.37. The number of aryl methyl sites for hydroxylation is 2. The number of benzene rings is 1. The van der Waals surface area contributed by atoms with Crippen LogP contribution in [0.15, 0.2) is 12.1 Å². The lowest BCUT2D eigenvalue weighted by Gasteiger charge is -2.09. The van der Waals surface area contributed by atoms with E-state index in [0.717, 1.165) is 36.8 Å². The summed E-state index contributed by atoms with van der Waals surface area (Å²) < 4.78 is 5.23. The van der Waals surface area contributed by atoms with Gasteiger partial charge in [-0.25, -0.2) is 4.79 Å². The van der Waals surface area contributed by atoms with Crippen molar-refractivity contribution in [1.82, 2.24) is 0 Å². The molecule has 0 heterocycles.